The van der Waals surface area contributed by atoms with E-state index in [0.29, 0.717) is 0 Å². The molecule has 23 heavy (non-hydrogen) atoms. The molecular weight excluding hydrogens is 453 g/mol. The third-order valence-corrected chi connectivity index (χ3v) is 2.42. The van der Waals surface area contributed by atoms with Gasteiger partial charge in [-0.2, -0.15) is 0 Å². The van der Waals surface area contributed by atoms with Crippen LogP contribution < -0.4 is 10.2 Å². The van der Waals surface area contributed by atoms with Crippen molar-refractivity contribution in [2.75, 3.05) is 0 Å². The summed E-state index contributed by atoms with van der Waals surface area (Å²) in [4.78, 5) is 19.9. The molecule has 0 aliphatic carbocycles. The van der Waals surface area contributed by atoms with Crippen molar-refractivity contribution in [3.63, 3.8) is 0 Å². The minimum Gasteiger partial charge on any atom is -0.545 e. The van der Waals surface area contributed by atoms with Crippen molar-refractivity contribution in [2.24, 2.45) is 0 Å². The molecule has 0 spiro atoms. The summed E-state index contributed by atoms with van der Waals surface area (Å²) in [6.07, 6.45) is 5.01. The molecule has 0 bridgehead atoms. The third-order valence-electron chi connectivity index (χ3n) is 2.42. The molecule has 0 heterocycles. The van der Waals surface area contributed by atoms with Crippen LogP contribution in [0.5, 0.6) is 0 Å². The van der Waals surface area contributed by atoms with E-state index in [1.807, 2.05) is 60.7 Å². The van der Waals surface area contributed by atoms with Crippen LogP contribution in [0.4, 0.5) is 0 Å². The Morgan fingerprint density at radius 3 is 1.22 bits per heavy atom. The number of hydrogen-bond acceptors (Lipinski definition) is 4. The number of carbonyl (C=O) groups is 2. The maximum Gasteiger partial charge on any atom is 2.00 e. The molecule has 0 aliphatic rings. The van der Waals surface area contributed by atoms with Gasteiger partial charge < -0.3 is 19.8 Å². The predicted octanol–water partition coefficient (Wildman–Crippen LogP) is 0.899. The van der Waals surface area contributed by atoms with Crippen LogP contribution in [0.2, 0.25) is 0 Å². The van der Waals surface area contributed by atoms with Crippen molar-refractivity contribution in [3.8, 4) is 0 Å². The maximum atomic E-state index is 9.97. The largest absolute Gasteiger partial charge is 2.00 e. The summed E-state index contributed by atoms with van der Waals surface area (Å²) in [6.45, 7) is 0. The molecule has 0 amide bonds. The monoisotopic (exact) mass is 468 g/mol. The second-order valence-electron chi connectivity index (χ2n) is 4.13. The molecule has 0 aliphatic heterocycles. The van der Waals surface area contributed by atoms with Crippen LogP contribution in [-0.2, 0) is 9.59 Å². The Kier molecular flexibility index (Phi) is 12.0. The fourth-order valence-corrected chi connectivity index (χ4v) is 1.46. The molecule has 0 fully saturated rings. The summed E-state index contributed by atoms with van der Waals surface area (Å²) in [6, 6.07) is 18.4. The van der Waals surface area contributed by atoms with Crippen LogP contribution in [0, 0.1) is 46.9 Å². The zero-order valence-electron chi connectivity index (χ0n) is 12.0. The van der Waals surface area contributed by atoms with Gasteiger partial charge in [0.15, 0.2) is 0 Å². The molecule has 0 saturated heterocycles. The molecule has 124 valence electrons. The summed E-state index contributed by atoms with van der Waals surface area (Å²) < 4.78 is 0. The van der Waals surface area contributed by atoms with Gasteiger partial charge in [-0.05, 0) is 23.3 Å². The van der Waals surface area contributed by atoms with Gasteiger partial charge in [0.2, 0.25) is 0 Å². The molecule has 5 heteroatoms. The van der Waals surface area contributed by atoms with E-state index < -0.39 is 11.9 Å². The van der Waals surface area contributed by atoms with Gasteiger partial charge in [-0.15, -0.1) is 0 Å². The Morgan fingerprint density at radius 2 is 0.957 bits per heavy atom. The standard InChI is InChI=1S/2C9H8O2.Yb/c2*10-9(11)7-6-8-4-2-1-3-5-8;/h2*1-7H,(H,10,11);/q;;+2/p-2/b2*7-6+;. The maximum absolute atomic E-state index is 9.97. The molecule has 0 N–H and O–H groups in total. The molecular formula is C18H14O4Yb. The SMILES string of the molecule is O=C([O-])/C=C/c1ccccc1.O=C([O-])/C=C/c1ccccc1.[Yb+2]. The Morgan fingerprint density at radius 1 is 0.652 bits per heavy atom. The van der Waals surface area contributed by atoms with Crippen molar-refractivity contribution in [3.05, 3.63) is 83.9 Å². The molecule has 0 atom stereocenters. The van der Waals surface area contributed by atoms with Crippen LogP contribution in [0.25, 0.3) is 12.2 Å². The minimum absolute atomic E-state index is 0. The van der Waals surface area contributed by atoms with Gasteiger partial charge >= 0.3 is 46.9 Å². The van der Waals surface area contributed by atoms with Crippen molar-refractivity contribution < 1.29 is 66.7 Å². The van der Waals surface area contributed by atoms with Gasteiger partial charge in [-0.3, -0.25) is 0 Å². The van der Waals surface area contributed by atoms with E-state index >= 15 is 0 Å². The zero-order chi connectivity index (χ0) is 16.2. The second kappa shape index (κ2) is 12.9. The first-order chi connectivity index (χ1) is 10.6. The average molecular weight is 467 g/mol. The first-order valence-electron chi connectivity index (χ1n) is 6.46. The first-order valence-corrected chi connectivity index (χ1v) is 6.46. The van der Waals surface area contributed by atoms with Crippen LogP contribution >= 0.6 is 0 Å². The average Bonchev–Trinajstić information content (AvgIpc) is 2.53. The number of rotatable bonds is 4. The van der Waals surface area contributed by atoms with Gasteiger partial charge in [0, 0.05) is 0 Å². The van der Waals surface area contributed by atoms with Crippen molar-refractivity contribution in [1.29, 1.82) is 0 Å². The number of carboxylic acid groups (broad SMARTS) is 2. The topological polar surface area (TPSA) is 80.3 Å². The van der Waals surface area contributed by atoms with Gasteiger partial charge in [0.05, 0.1) is 11.9 Å². The van der Waals surface area contributed by atoms with E-state index in [-0.39, 0.29) is 46.9 Å². The summed E-state index contributed by atoms with van der Waals surface area (Å²) in [5.74, 6) is -2.34. The van der Waals surface area contributed by atoms with Crippen LogP contribution in [0.15, 0.2) is 72.8 Å². The summed E-state index contributed by atoms with van der Waals surface area (Å²) in [5, 5.41) is 19.9. The summed E-state index contributed by atoms with van der Waals surface area (Å²) in [7, 11) is 0. The Bertz CT molecular complexity index is 590. The Hall–Kier alpha value is -1.62. The normalized spacial score (nSPS) is 9.74. The summed E-state index contributed by atoms with van der Waals surface area (Å²) >= 11 is 0. The predicted molar refractivity (Wildman–Crippen MR) is 81.0 cm³/mol. The fourth-order valence-electron chi connectivity index (χ4n) is 1.46. The number of hydrogen-bond donors (Lipinski definition) is 0. The fraction of sp³-hybridized carbons (Fsp3) is 0. The van der Waals surface area contributed by atoms with E-state index in [1.165, 1.54) is 12.2 Å². The van der Waals surface area contributed by atoms with E-state index in [4.69, 9.17) is 0 Å². The molecule has 0 aromatic heterocycles. The van der Waals surface area contributed by atoms with E-state index in [9.17, 15) is 19.8 Å². The smallest absolute Gasteiger partial charge is 0.545 e. The molecule has 0 unspecified atom stereocenters. The Balaban J connectivity index is 0.000000403. The van der Waals surface area contributed by atoms with Crippen LogP contribution in [0.1, 0.15) is 11.1 Å². The van der Waals surface area contributed by atoms with E-state index in [0.717, 1.165) is 23.3 Å². The van der Waals surface area contributed by atoms with Crippen molar-refractivity contribution >= 4 is 24.1 Å². The molecule has 2 aromatic rings. The van der Waals surface area contributed by atoms with E-state index in [2.05, 4.69) is 0 Å². The van der Waals surface area contributed by atoms with Gasteiger partial charge in [0.25, 0.3) is 0 Å². The second-order valence-corrected chi connectivity index (χ2v) is 4.13. The van der Waals surface area contributed by atoms with Crippen LogP contribution in [-0.4, -0.2) is 11.9 Å². The van der Waals surface area contributed by atoms with Crippen LogP contribution in [0.3, 0.4) is 0 Å². The van der Waals surface area contributed by atoms with Crippen molar-refractivity contribution in [1.82, 2.24) is 0 Å². The molecule has 2 rings (SSSR count). The number of carbonyl (C=O) groups excluding carboxylic acids is 2. The minimum atomic E-state index is -1.17. The zero-order valence-corrected chi connectivity index (χ0v) is 13.7. The van der Waals surface area contributed by atoms with Gasteiger partial charge in [-0.1, -0.05) is 72.8 Å². The van der Waals surface area contributed by atoms with Gasteiger partial charge in [-0.25, -0.2) is 0 Å². The number of aliphatic carboxylic acids is 2. The first kappa shape index (κ1) is 21.4. The molecule has 4 nitrogen and oxygen atoms in total. The van der Waals surface area contributed by atoms with Gasteiger partial charge in [0.1, 0.15) is 0 Å². The number of carboxylic acids is 2. The molecule has 2 aromatic carbocycles. The number of benzene rings is 2. The quantitative estimate of drug-likeness (QED) is 0.626. The van der Waals surface area contributed by atoms with Crippen molar-refractivity contribution in [2.45, 2.75) is 0 Å². The molecule has 0 radical (unpaired) electrons. The van der Waals surface area contributed by atoms with E-state index in [1.54, 1.807) is 0 Å². The Labute approximate surface area is 173 Å². The summed E-state index contributed by atoms with van der Waals surface area (Å²) in [5.41, 5.74) is 1.72. The third kappa shape index (κ3) is 11.6. The molecule has 0 saturated carbocycles.